The minimum absolute atomic E-state index is 0. The van der Waals surface area contributed by atoms with Crippen molar-refractivity contribution in [2.24, 2.45) is 0 Å². The van der Waals surface area contributed by atoms with Gasteiger partial charge in [-0.1, -0.05) is 106 Å². The molecule has 0 saturated heterocycles. The van der Waals surface area contributed by atoms with Crippen molar-refractivity contribution in [2.45, 2.75) is 136 Å². The van der Waals surface area contributed by atoms with E-state index in [2.05, 4.69) is 27.8 Å². The zero-order valence-electron chi connectivity index (χ0n) is 20.3. The van der Waals surface area contributed by atoms with Gasteiger partial charge in [0.15, 0.2) is 0 Å². The summed E-state index contributed by atoms with van der Waals surface area (Å²) >= 11 is 0. The van der Waals surface area contributed by atoms with Crippen molar-refractivity contribution < 1.29 is 55.9 Å². The third kappa shape index (κ3) is 23.9. The molecule has 0 aromatic carbocycles. The van der Waals surface area contributed by atoms with Gasteiger partial charge in [-0.05, 0) is 38.5 Å². The first-order chi connectivity index (χ1) is 12.7. The van der Waals surface area contributed by atoms with Gasteiger partial charge in [0.25, 0.3) is 0 Å². The van der Waals surface area contributed by atoms with E-state index in [-0.39, 0.29) is 59.8 Å². The molecule has 0 rings (SSSR count). The fraction of sp³-hybridized carbons (Fsp3) is 1.00. The van der Waals surface area contributed by atoms with Crippen LogP contribution in [-0.2, 0) is 0 Å². The predicted molar refractivity (Wildman–Crippen MR) is 132 cm³/mol. The van der Waals surface area contributed by atoms with Crippen molar-refractivity contribution in [3.8, 4) is 0 Å². The van der Waals surface area contributed by atoms with Gasteiger partial charge in [-0.2, -0.15) is 0 Å². The van der Waals surface area contributed by atoms with Crippen LogP contribution >= 0.6 is 0 Å². The molecule has 0 radical (unpaired) electrons. The first kappa shape index (κ1) is 34.3. The summed E-state index contributed by atoms with van der Waals surface area (Å²) in [6.45, 7) is 11.2. The van der Waals surface area contributed by atoms with Crippen molar-refractivity contribution in [2.75, 3.05) is 26.7 Å². The first-order valence-electron chi connectivity index (χ1n) is 12.5. The van der Waals surface area contributed by atoms with Gasteiger partial charge in [0.1, 0.15) is 0 Å². The van der Waals surface area contributed by atoms with E-state index >= 15 is 0 Å². The standard InChI is InChI=1S/C25H54N.BH4.K/c1-5-8-11-14-17-20-23-26(4,24-21-18-15-12-9-6-2)25-22-19-16-13-10-7-3;;/h5-25H2,1-4H3;1H4;/q+1;-1;+1. The molecule has 3 heteroatoms. The predicted octanol–water partition coefficient (Wildman–Crippen LogP) is 4.07. The van der Waals surface area contributed by atoms with Gasteiger partial charge in [-0.25, -0.2) is 0 Å². The van der Waals surface area contributed by atoms with E-state index < -0.39 is 0 Å². The SMILES string of the molecule is CCCCCCCC[N+](C)(CCCCCCCC)CCCCCCCC.[BH4-].[K+]. The molecule has 0 aliphatic rings. The number of hydrogen-bond acceptors (Lipinski definition) is 0. The third-order valence-electron chi connectivity index (χ3n) is 6.15. The number of hydrogen-bond donors (Lipinski definition) is 0. The smallest absolute Gasteiger partial charge is 0.326 e. The van der Waals surface area contributed by atoms with Gasteiger partial charge in [0.05, 0.1) is 26.7 Å². The topological polar surface area (TPSA) is 0 Å². The van der Waals surface area contributed by atoms with Crippen LogP contribution < -0.4 is 51.4 Å². The molecule has 0 aromatic rings. The van der Waals surface area contributed by atoms with Crippen LogP contribution in [0.25, 0.3) is 0 Å². The van der Waals surface area contributed by atoms with Crippen molar-refractivity contribution >= 4 is 8.41 Å². The van der Waals surface area contributed by atoms with Crippen LogP contribution in [0.5, 0.6) is 0 Å². The molecule has 0 aliphatic heterocycles. The Balaban J connectivity index is -0.00000312. The molecule has 28 heavy (non-hydrogen) atoms. The average Bonchev–Trinajstić information content (AvgIpc) is 2.64. The van der Waals surface area contributed by atoms with E-state index in [1.807, 2.05) is 0 Å². The second kappa shape index (κ2) is 26.7. The molecule has 1 nitrogen and oxygen atoms in total. The number of unbranched alkanes of at least 4 members (excludes halogenated alkanes) is 15. The Morgan fingerprint density at radius 2 is 0.607 bits per heavy atom. The summed E-state index contributed by atoms with van der Waals surface area (Å²) in [5, 5.41) is 0. The zero-order valence-corrected chi connectivity index (χ0v) is 23.4. The van der Waals surface area contributed by atoms with Crippen LogP contribution in [0.3, 0.4) is 0 Å². The van der Waals surface area contributed by atoms with Crippen LogP contribution in [-0.4, -0.2) is 39.6 Å². The second-order valence-corrected chi connectivity index (χ2v) is 9.09. The first-order valence-corrected chi connectivity index (χ1v) is 12.5. The molecular weight excluding hydrogens is 364 g/mol. The fourth-order valence-electron chi connectivity index (χ4n) is 4.16. The summed E-state index contributed by atoms with van der Waals surface area (Å²) < 4.78 is 1.36. The monoisotopic (exact) mass is 422 g/mol. The Morgan fingerprint density at radius 3 is 0.857 bits per heavy atom. The summed E-state index contributed by atoms with van der Waals surface area (Å²) in [6.07, 6.45) is 25.9. The number of nitrogens with zero attached hydrogens (tertiary/aromatic N) is 1. The largest absolute Gasteiger partial charge is 1.00 e. The Morgan fingerprint density at radius 1 is 0.393 bits per heavy atom. The molecule has 0 aliphatic carbocycles. The van der Waals surface area contributed by atoms with Gasteiger partial charge in [0.2, 0.25) is 0 Å². The van der Waals surface area contributed by atoms with Crippen molar-refractivity contribution in [3.05, 3.63) is 0 Å². The van der Waals surface area contributed by atoms with E-state index in [9.17, 15) is 0 Å². The molecular formula is C25H58BKN+. The Hall–Kier alpha value is 1.66. The molecule has 0 N–H and O–H groups in total. The van der Waals surface area contributed by atoms with Crippen LogP contribution in [0, 0.1) is 0 Å². The zero-order chi connectivity index (χ0) is 19.3. The molecule has 0 atom stereocenters. The summed E-state index contributed by atoms with van der Waals surface area (Å²) in [5.41, 5.74) is 0. The third-order valence-corrected chi connectivity index (χ3v) is 6.15. The molecule has 0 bridgehead atoms. The quantitative estimate of drug-likeness (QED) is 0.149. The second-order valence-electron chi connectivity index (χ2n) is 9.09. The van der Waals surface area contributed by atoms with Crippen molar-refractivity contribution in [3.63, 3.8) is 0 Å². The normalized spacial score (nSPS) is 11.1. The molecule has 0 saturated carbocycles. The number of quaternary nitrogens is 1. The Bertz CT molecular complexity index is 232. The van der Waals surface area contributed by atoms with E-state index in [0.29, 0.717) is 0 Å². The molecule has 0 unspecified atom stereocenters. The minimum Gasteiger partial charge on any atom is -0.326 e. The maximum atomic E-state index is 2.56. The Kier molecular flexibility index (Phi) is 32.7. The van der Waals surface area contributed by atoms with E-state index in [1.165, 1.54) is 140 Å². The van der Waals surface area contributed by atoms with Crippen molar-refractivity contribution in [1.29, 1.82) is 0 Å². The maximum Gasteiger partial charge on any atom is 1.00 e. The van der Waals surface area contributed by atoms with Gasteiger partial charge in [-0.15, -0.1) is 0 Å². The molecule has 166 valence electrons. The van der Waals surface area contributed by atoms with Crippen LogP contribution in [0.1, 0.15) is 136 Å². The molecule has 0 spiro atoms. The van der Waals surface area contributed by atoms with Crippen LogP contribution in [0.4, 0.5) is 0 Å². The summed E-state index contributed by atoms with van der Waals surface area (Å²) in [4.78, 5) is 0. The molecule has 0 fully saturated rings. The summed E-state index contributed by atoms with van der Waals surface area (Å²) in [7, 11) is 2.56. The molecule has 0 amide bonds. The van der Waals surface area contributed by atoms with Crippen molar-refractivity contribution in [1.82, 2.24) is 0 Å². The van der Waals surface area contributed by atoms with E-state index in [1.54, 1.807) is 0 Å². The van der Waals surface area contributed by atoms with Gasteiger partial charge < -0.3 is 4.48 Å². The van der Waals surface area contributed by atoms with Crippen LogP contribution in [0.2, 0.25) is 0 Å². The fourth-order valence-corrected chi connectivity index (χ4v) is 4.16. The minimum atomic E-state index is 0. The maximum absolute atomic E-state index is 2.56. The van der Waals surface area contributed by atoms with E-state index in [4.69, 9.17) is 0 Å². The van der Waals surface area contributed by atoms with Crippen LogP contribution in [0.15, 0.2) is 0 Å². The average molecular weight is 423 g/mol. The molecule has 0 aromatic heterocycles. The Labute approximate surface area is 225 Å². The number of rotatable bonds is 21. The summed E-state index contributed by atoms with van der Waals surface area (Å²) in [6, 6.07) is 0. The molecule has 0 heterocycles. The van der Waals surface area contributed by atoms with Gasteiger partial charge >= 0.3 is 51.4 Å². The summed E-state index contributed by atoms with van der Waals surface area (Å²) in [5.74, 6) is 0. The van der Waals surface area contributed by atoms with Gasteiger partial charge in [0, 0.05) is 0 Å². The van der Waals surface area contributed by atoms with E-state index in [0.717, 1.165) is 0 Å². The van der Waals surface area contributed by atoms with Gasteiger partial charge in [-0.3, -0.25) is 0 Å².